The Morgan fingerprint density at radius 2 is 1.77 bits per heavy atom. The van der Waals surface area contributed by atoms with Crippen LogP contribution in [-0.2, 0) is 16.0 Å². The zero-order valence-electron chi connectivity index (χ0n) is 17.3. The Labute approximate surface area is 182 Å². The summed E-state index contributed by atoms with van der Waals surface area (Å²) in [4.78, 5) is 31.5. The molecule has 7 heteroatoms. The molecule has 1 aliphatic heterocycles. The molecule has 2 amide bonds. The van der Waals surface area contributed by atoms with Crippen molar-refractivity contribution in [1.29, 1.82) is 0 Å². The van der Waals surface area contributed by atoms with Crippen molar-refractivity contribution in [2.75, 3.05) is 26.2 Å². The van der Waals surface area contributed by atoms with Crippen molar-refractivity contribution < 1.29 is 9.59 Å². The molecule has 160 valence electrons. The number of hydrogen-bond donors (Lipinski definition) is 2. The number of carbonyl (C=O) groups is 2. The van der Waals surface area contributed by atoms with Gasteiger partial charge in [0.05, 0.1) is 11.8 Å². The number of rotatable bonds is 8. The van der Waals surface area contributed by atoms with E-state index in [-0.39, 0.29) is 35.5 Å². The largest absolute Gasteiger partial charge is 0.357 e. The number of amides is 2. The molecule has 4 rings (SSSR count). The van der Waals surface area contributed by atoms with Gasteiger partial charge in [-0.25, -0.2) is 0 Å². The van der Waals surface area contributed by atoms with E-state index in [0.29, 0.717) is 19.5 Å². The van der Waals surface area contributed by atoms with E-state index in [1.54, 1.807) is 0 Å². The van der Waals surface area contributed by atoms with Crippen molar-refractivity contribution in [1.82, 2.24) is 15.5 Å². The average molecular weight is 429 g/mol. The van der Waals surface area contributed by atoms with Crippen LogP contribution in [0.1, 0.15) is 25.3 Å². The Balaban J connectivity index is 1.23. The number of nitrogens with zero attached hydrogens (tertiary/aromatic N) is 2. The van der Waals surface area contributed by atoms with Crippen LogP contribution in [0.4, 0.5) is 0 Å². The molecular formula is C23H29ClN4O2. The summed E-state index contributed by atoms with van der Waals surface area (Å²) in [5.41, 5.74) is 1.21. The maximum Gasteiger partial charge on any atom is 0.233 e. The molecule has 2 fully saturated rings. The minimum Gasteiger partial charge on any atom is -0.357 e. The highest BCUT2D eigenvalue weighted by molar-refractivity contribution is 6.30. The number of hydrogen-bond acceptors (Lipinski definition) is 3. The molecule has 0 spiro atoms. The first-order valence-electron chi connectivity index (χ1n) is 10.9. The molecule has 1 saturated heterocycles. The van der Waals surface area contributed by atoms with Crippen LogP contribution in [0.3, 0.4) is 0 Å². The number of guanidine groups is 1. The Kier molecular flexibility index (Phi) is 6.42. The minimum atomic E-state index is -0.108. The van der Waals surface area contributed by atoms with Crippen LogP contribution >= 0.6 is 11.6 Å². The maximum atomic E-state index is 12.7. The van der Waals surface area contributed by atoms with Gasteiger partial charge in [-0.15, -0.1) is 0 Å². The van der Waals surface area contributed by atoms with Crippen molar-refractivity contribution in [2.24, 2.45) is 28.7 Å². The van der Waals surface area contributed by atoms with Crippen molar-refractivity contribution >= 4 is 29.4 Å². The molecule has 3 aliphatic rings. The molecule has 4 atom stereocenters. The van der Waals surface area contributed by atoms with Crippen LogP contribution in [0.25, 0.3) is 0 Å². The number of fused-ring (bicyclic) bond motifs is 5. The zero-order chi connectivity index (χ0) is 21.1. The normalized spacial score (nSPS) is 27.1. The van der Waals surface area contributed by atoms with Crippen LogP contribution in [-0.4, -0.2) is 48.9 Å². The van der Waals surface area contributed by atoms with Crippen molar-refractivity contribution in [3.63, 3.8) is 0 Å². The summed E-state index contributed by atoms with van der Waals surface area (Å²) in [6, 6.07) is 7.84. The van der Waals surface area contributed by atoms with E-state index in [2.05, 4.69) is 27.8 Å². The number of nitrogens with one attached hydrogen (secondary N) is 2. The van der Waals surface area contributed by atoms with Gasteiger partial charge >= 0.3 is 0 Å². The van der Waals surface area contributed by atoms with Crippen molar-refractivity contribution in [2.45, 2.75) is 26.2 Å². The first-order valence-corrected chi connectivity index (χ1v) is 11.3. The number of benzene rings is 1. The molecule has 0 aromatic heterocycles. The smallest absolute Gasteiger partial charge is 0.233 e. The first-order chi connectivity index (χ1) is 14.6. The molecule has 4 unspecified atom stereocenters. The third-order valence-electron chi connectivity index (χ3n) is 6.33. The van der Waals surface area contributed by atoms with Gasteiger partial charge in [-0.2, -0.15) is 0 Å². The summed E-state index contributed by atoms with van der Waals surface area (Å²) in [6.07, 6.45) is 6.77. The van der Waals surface area contributed by atoms with Gasteiger partial charge < -0.3 is 10.6 Å². The van der Waals surface area contributed by atoms with Gasteiger partial charge in [-0.1, -0.05) is 35.9 Å². The van der Waals surface area contributed by atoms with Crippen LogP contribution in [0, 0.1) is 23.7 Å². The molecule has 1 aromatic carbocycles. The summed E-state index contributed by atoms with van der Waals surface area (Å²) in [7, 11) is 0. The second-order valence-corrected chi connectivity index (χ2v) is 8.68. The predicted molar refractivity (Wildman–Crippen MR) is 118 cm³/mol. The third kappa shape index (κ3) is 4.24. The van der Waals surface area contributed by atoms with Crippen molar-refractivity contribution in [3.8, 4) is 0 Å². The highest BCUT2D eigenvalue weighted by atomic mass is 35.5. The van der Waals surface area contributed by atoms with Crippen molar-refractivity contribution in [3.05, 3.63) is 47.0 Å². The van der Waals surface area contributed by atoms with E-state index in [1.165, 1.54) is 10.5 Å². The van der Waals surface area contributed by atoms with Gasteiger partial charge in [0.25, 0.3) is 0 Å². The second-order valence-electron chi connectivity index (χ2n) is 8.25. The average Bonchev–Trinajstić information content (AvgIpc) is 3.42. The summed E-state index contributed by atoms with van der Waals surface area (Å²) in [5.74, 6) is 1.13. The van der Waals surface area contributed by atoms with Gasteiger partial charge in [-0.3, -0.25) is 19.5 Å². The van der Waals surface area contributed by atoms with E-state index in [4.69, 9.17) is 11.6 Å². The molecule has 0 radical (unpaired) electrons. The highest BCUT2D eigenvalue weighted by Crippen LogP contribution is 2.52. The molecule has 2 N–H and O–H groups in total. The van der Waals surface area contributed by atoms with Crippen LogP contribution in [0.2, 0.25) is 5.02 Å². The number of aliphatic imine (C=N–C) groups is 1. The van der Waals surface area contributed by atoms with Crippen LogP contribution in [0.5, 0.6) is 0 Å². The van der Waals surface area contributed by atoms with Gasteiger partial charge in [0.15, 0.2) is 5.96 Å². The molecule has 1 saturated carbocycles. The lowest BCUT2D eigenvalue weighted by Crippen LogP contribution is -2.38. The quantitative estimate of drug-likeness (QED) is 0.219. The standard InChI is InChI=1S/C23H29ClN4O2/c1-2-25-23(27-12-10-15-4-8-18(24)9-5-15)26-11-3-13-28-21(29)19-16-6-7-17(14-16)20(19)22(28)30/h4-9,16-17,19-20H,2-3,10-14H2,1H3,(H2,25,26,27). The number of carbonyl (C=O) groups excluding carboxylic acids is 2. The molecular weight excluding hydrogens is 400 g/mol. The van der Waals surface area contributed by atoms with E-state index in [9.17, 15) is 9.59 Å². The second kappa shape index (κ2) is 9.21. The number of halogens is 1. The Morgan fingerprint density at radius 3 is 2.40 bits per heavy atom. The molecule has 1 heterocycles. The Hall–Kier alpha value is -2.34. The third-order valence-corrected chi connectivity index (χ3v) is 6.59. The van der Waals surface area contributed by atoms with E-state index >= 15 is 0 Å². The minimum absolute atomic E-state index is 0.0267. The maximum absolute atomic E-state index is 12.7. The van der Waals surface area contributed by atoms with Crippen LogP contribution in [0.15, 0.2) is 41.4 Å². The molecule has 30 heavy (non-hydrogen) atoms. The monoisotopic (exact) mass is 428 g/mol. The lowest BCUT2D eigenvalue weighted by molar-refractivity contribution is -0.140. The number of allylic oxidation sites excluding steroid dienone is 2. The van der Waals surface area contributed by atoms with Gasteiger partial charge in [0.1, 0.15) is 0 Å². The fourth-order valence-electron chi connectivity index (χ4n) is 4.92. The summed E-state index contributed by atoms with van der Waals surface area (Å²) in [5, 5.41) is 7.31. The lowest BCUT2D eigenvalue weighted by atomic mass is 9.85. The number of likely N-dealkylation sites (tertiary alicyclic amines) is 1. The van der Waals surface area contributed by atoms with E-state index in [0.717, 1.165) is 36.9 Å². The summed E-state index contributed by atoms with van der Waals surface area (Å²) < 4.78 is 0. The molecule has 2 bridgehead atoms. The molecule has 6 nitrogen and oxygen atoms in total. The topological polar surface area (TPSA) is 73.8 Å². The van der Waals surface area contributed by atoms with E-state index in [1.807, 2.05) is 31.2 Å². The van der Waals surface area contributed by atoms with Gasteiger partial charge in [-0.05, 0) is 55.7 Å². The Morgan fingerprint density at radius 1 is 1.10 bits per heavy atom. The highest BCUT2D eigenvalue weighted by Gasteiger charge is 2.58. The fraction of sp³-hybridized carbons (Fsp3) is 0.522. The fourth-order valence-corrected chi connectivity index (χ4v) is 5.05. The van der Waals surface area contributed by atoms with Gasteiger partial charge in [0, 0.05) is 31.2 Å². The molecule has 2 aliphatic carbocycles. The van der Waals surface area contributed by atoms with E-state index < -0.39 is 0 Å². The summed E-state index contributed by atoms with van der Waals surface area (Å²) >= 11 is 5.92. The molecule has 1 aromatic rings. The SMILES string of the molecule is CCNC(=NCCCN1C(=O)C2C3C=CC(C3)C2C1=O)NCCc1ccc(Cl)cc1. The lowest BCUT2D eigenvalue weighted by Gasteiger charge is -2.17. The number of imide groups is 1. The van der Waals surface area contributed by atoms with Gasteiger partial charge in [0.2, 0.25) is 11.8 Å². The predicted octanol–water partition coefficient (Wildman–Crippen LogP) is 2.63. The van der Waals surface area contributed by atoms with Crippen LogP contribution < -0.4 is 10.6 Å². The zero-order valence-corrected chi connectivity index (χ0v) is 18.1. The first kappa shape index (κ1) is 20.9. The summed E-state index contributed by atoms with van der Waals surface area (Å²) in [6.45, 7) is 4.58. The Bertz CT molecular complexity index is 821.